The van der Waals surface area contributed by atoms with Gasteiger partial charge in [-0.25, -0.2) is 4.98 Å². The van der Waals surface area contributed by atoms with Gasteiger partial charge in [0, 0.05) is 12.6 Å². The topological polar surface area (TPSA) is 61.7 Å². The predicted molar refractivity (Wildman–Crippen MR) is 72.4 cm³/mol. The summed E-state index contributed by atoms with van der Waals surface area (Å²) in [5, 5.41) is 4.55. The number of imidazole rings is 1. The first-order chi connectivity index (χ1) is 8.63. The normalized spacial score (nSPS) is 18.2. The Morgan fingerprint density at radius 3 is 2.56 bits per heavy atom. The lowest BCUT2D eigenvalue weighted by Crippen LogP contribution is -2.40. The van der Waals surface area contributed by atoms with Crippen molar-refractivity contribution in [2.75, 3.05) is 5.73 Å². The summed E-state index contributed by atoms with van der Waals surface area (Å²) in [7, 11) is 1.99. The van der Waals surface area contributed by atoms with Crippen molar-refractivity contribution in [1.29, 1.82) is 0 Å². The number of hydrogen-bond acceptors (Lipinski definition) is 3. The van der Waals surface area contributed by atoms with Crippen LogP contribution in [-0.2, 0) is 19.0 Å². The van der Waals surface area contributed by atoms with Crippen LogP contribution < -0.4 is 5.73 Å². The molecule has 1 aliphatic carbocycles. The Hall–Kier alpha value is -1.52. The van der Waals surface area contributed by atoms with Crippen molar-refractivity contribution in [2.45, 2.75) is 51.5 Å². The maximum absolute atomic E-state index is 6.17. The molecule has 3 rings (SSSR count). The maximum atomic E-state index is 6.17. The van der Waals surface area contributed by atoms with Gasteiger partial charge in [0.1, 0.15) is 5.52 Å². The largest absolute Gasteiger partial charge is 0.369 e. The number of nitrogens with two attached hydrogens (primary N) is 1. The lowest BCUT2D eigenvalue weighted by molar-refractivity contribution is 0.143. The third-order valence-corrected chi connectivity index (χ3v) is 4.48. The second-order valence-corrected chi connectivity index (χ2v) is 5.33. The summed E-state index contributed by atoms with van der Waals surface area (Å²) >= 11 is 0. The minimum Gasteiger partial charge on any atom is -0.369 e. The van der Waals surface area contributed by atoms with E-state index in [4.69, 9.17) is 5.73 Å². The fraction of sp³-hybridized carbons (Fsp3) is 0.692. The molecule has 0 spiro atoms. The molecule has 98 valence electrons. The second kappa shape index (κ2) is 3.73. The summed E-state index contributed by atoms with van der Waals surface area (Å²) in [5.41, 5.74) is 9.47. The van der Waals surface area contributed by atoms with E-state index in [0.29, 0.717) is 5.95 Å². The molecule has 2 aromatic rings. The van der Waals surface area contributed by atoms with Gasteiger partial charge in [0.25, 0.3) is 0 Å². The number of nitrogen functional groups attached to an aromatic ring is 1. The zero-order valence-corrected chi connectivity index (χ0v) is 11.4. The first-order valence-electron chi connectivity index (χ1n) is 6.83. The summed E-state index contributed by atoms with van der Waals surface area (Å²) < 4.78 is 4.17. The number of hydrogen-bond donors (Lipinski definition) is 1. The van der Waals surface area contributed by atoms with Crippen LogP contribution in [0, 0.1) is 0 Å². The van der Waals surface area contributed by atoms with Crippen LogP contribution >= 0.6 is 0 Å². The predicted octanol–water partition coefficient (Wildman–Crippen LogP) is 2.20. The Balaban J connectivity index is 2.28. The van der Waals surface area contributed by atoms with Gasteiger partial charge in [0.05, 0.1) is 5.69 Å². The summed E-state index contributed by atoms with van der Waals surface area (Å²) in [6.45, 7) is 4.34. The molecule has 0 bridgehead atoms. The lowest BCUT2D eigenvalue weighted by atomic mass is 9.74. The van der Waals surface area contributed by atoms with E-state index < -0.39 is 0 Å². The first kappa shape index (κ1) is 11.6. The van der Waals surface area contributed by atoms with Gasteiger partial charge in [-0.05, 0) is 32.1 Å². The average Bonchev–Trinajstić information content (AvgIpc) is 2.78. The molecule has 0 aromatic carbocycles. The fourth-order valence-corrected chi connectivity index (χ4v) is 3.22. The Labute approximate surface area is 107 Å². The standard InChI is InChI=1S/C13H21N5/c1-4-9-10-11(17(3)16-9)18(12(14)15-10)13(5-2)7-6-8-13/h4-8H2,1-3H3,(H2,14,15). The van der Waals surface area contributed by atoms with Crippen molar-refractivity contribution in [1.82, 2.24) is 19.3 Å². The van der Waals surface area contributed by atoms with E-state index in [1.807, 2.05) is 11.7 Å². The number of aromatic nitrogens is 4. The minimum atomic E-state index is 0.178. The summed E-state index contributed by atoms with van der Waals surface area (Å²) in [5.74, 6) is 0.647. The summed E-state index contributed by atoms with van der Waals surface area (Å²) in [6, 6.07) is 0. The molecule has 5 heteroatoms. The molecule has 0 atom stereocenters. The molecular formula is C13H21N5. The smallest absolute Gasteiger partial charge is 0.203 e. The van der Waals surface area contributed by atoms with Crippen molar-refractivity contribution >= 4 is 17.1 Å². The van der Waals surface area contributed by atoms with E-state index in [-0.39, 0.29) is 5.54 Å². The number of anilines is 1. The van der Waals surface area contributed by atoms with Crippen molar-refractivity contribution in [3.05, 3.63) is 5.69 Å². The molecule has 5 nitrogen and oxygen atoms in total. The van der Waals surface area contributed by atoms with Crippen molar-refractivity contribution in [3.63, 3.8) is 0 Å². The molecule has 2 heterocycles. The van der Waals surface area contributed by atoms with Crippen LogP contribution in [0.1, 0.15) is 45.2 Å². The van der Waals surface area contributed by atoms with E-state index in [0.717, 1.165) is 29.7 Å². The molecule has 1 aliphatic rings. The van der Waals surface area contributed by atoms with E-state index >= 15 is 0 Å². The van der Waals surface area contributed by atoms with Gasteiger partial charge < -0.3 is 5.73 Å². The first-order valence-corrected chi connectivity index (χ1v) is 6.83. The molecule has 1 fully saturated rings. The van der Waals surface area contributed by atoms with E-state index in [1.54, 1.807) is 0 Å². The highest BCUT2D eigenvalue weighted by Gasteiger charge is 2.40. The van der Waals surface area contributed by atoms with Crippen molar-refractivity contribution < 1.29 is 0 Å². The Kier molecular flexibility index (Phi) is 2.40. The third kappa shape index (κ3) is 1.27. The molecule has 18 heavy (non-hydrogen) atoms. The van der Waals surface area contributed by atoms with E-state index in [1.165, 1.54) is 19.3 Å². The fourth-order valence-electron chi connectivity index (χ4n) is 3.22. The Morgan fingerprint density at radius 1 is 1.33 bits per heavy atom. The molecule has 0 amide bonds. The van der Waals surface area contributed by atoms with Gasteiger partial charge >= 0.3 is 0 Å². The Morgan fingerprint density at radius 2 is 2.06 bits per heavy atom. The summed E-state index contributed by atoms with van der Waals surface area (Å²) in [4.78, 5) is 4.56. The molecular weight excluding hydrogens is 226 g/mol. The van der Waals surface area contributed by atoms with Gasteiger partial charge in [-0.1, -0.05) is 13.8 Å². The number of fused-ring (bicyclic) bond motifs is 1. The molecule has 1 saturated carbocycles. The van der Waals surface area contributed by atoms with Gasteiger partial charge in [-0.15, -0.1) is 0 Å². The monoisotopic (exact) mass is 247 g/mol. The third-order valence-electron chi connectivity index (χ3n) is 4.48. The number of aryl methyl sites for hydroxylation is 2. The molecule has 0 radical (unpaired) electrons. The zero-order chi connectivity index (χ0) is 12.9. The molecule has 0 saturated heterocycles. The quantitative estimate of drug-likeness (QED) is 0.904. The van der Waals surface area contributed by atoms with Crippen molar-refractivity contribution in [2.24, 2.45) is 7.05 Å². The van der Waals surface area contributed by atoms with Crippen molar-refractivity contribution in [3.8, 4) is 0 Å². The van der Waals surface area contributed by atoms with Crippen LogP contribution in [0.5, 0.6) is 0 Å². The maximum Gasteiger partial charge on any atom is 0.203 e. The molecule has 2 aromatic heterocycles. The molecule has 0 unspecified atom stereocenters. The van der Waals surface area contributed by atoms with Crippen LogP contribution in [0.15, 0.2) is 0 Å². The van der Waals surface area contributed by atoms with Gasteiger partial charge in [0.15, 0.2) is 5.65 Å². The second-order valence-electron chi connectivity index (χ2n) is 5.33. The highest BCUT2D eigenvalue weighted by molar-refractivity contribution is 5.78. The van der Waals surface area contributed by atoms with Crippen LogP contribution in [-0.4, -0.2) is 19.3 Å². The van der Waals surface area contributed by atoms with Crippen LogP contribution in [0.25, 0.3) is 11.2 Å². The summed E-state index contributed by atoms with van der Waals surface area (Å²) in [6.07, 6.45) is 5.69. The van der Waals surface area contributed by atoms with E-state index in [2.05, 4.69) is 28.5 Å². The minimum absolute atomic E-state index is 0.178. The van der Waals surface area contributed by atoms with E-state index in [9.17, 15) is 0 Å². The van der Waals surface area contributed by atoms with Gasteiger partial charge in [-0.2, -0.15) is 5.10 Å². The van der Waals surface area contributed by atoms with Gasteiger partial charge in [-0.3, -0.25) is 9.25 Å². The number of rotatable bonds is 3. The van der Waals surface area contributed by atoms with Gasteiger partial charge in [0.2, 0.25) is 5.95 Å². The average molecular weight is 247 g/mol. The van der Waals surface area contributed by atoms with Crippen LogP contribution in [0.2, 0.25) is 0 Å². The SMILES string of the molecule is CCc1nn(C)c2c1nc(N)n2C1(CC)CCC1. The Bertz CT molecular complexity index is 583. The lowest BCUT2D eigenvalue weighted by Gasteiger charge is -2.43. The highest BCUT2D eigenvalue weighted by Crippen LogP contribution is 2.45. The highest BCUT2D eigenvalue weighted by atomic mass is 15.4. The van der Waals surface area contributed by atoms with Crippen LogP contribution in [0.4, 0.5) is 5.95 Å². The number of nitrogens with zero attached hydrogens (tertiary/aromatic N) is 4. The molecule has 0 aliphatic heterocycles. The van der Waals surface area contributed by atoms with Crippen LogP contribution in [0.3, 0.4) is 0 Å². The molecule has 2 N–H and O–H groups in total. The zero-order valence-electron chi connectivity index (χ0n) is 11.4.